The molecule has 0 atom stereocenters. The van der Waals surface area contributed by atoms with E-state index in [1.807, 2.05) is 26.0 Å². The number of carbonyl (C=O) groups excluding carboxylic acids is 1. The number of carbonyl (C=O) groups is 1. The van der Waals surface area contributed by atoms with Crippen LogP contribution < -0.4 is 20.6 Å². The van der Waals surface area contributed by atoms with Gasteiger partial charge in [-0.05, 0) is 52.5 Å². The van der Waals surface area contributed by atoms with Crippen molar-refractivity contribution in [3.8, 4) is 10.7 Å². The summed E-state index contributed by atoms with van der Waals surface area (Å²) in [6, 6.07) is 4.23. The Morgan fingerprint density at radius 2 is 2.00 bits per heavy atom. The molecule has 12 nitrogen and oxygen atoms in total. The third-order valence-electron chi connectivity index (χ3n) is 5.73. The first-order chi connectivity index (χ1) is 19.4. The molecule has 218 valence electrons. The Kier molecular flexibility index (Phi) is 14.7. The van der Waals surface area contributed by atoms with Crippen LogP contribution in [0.1, 0.15) is 24.6 Å². The number of aliphatic imine (C=N–C) groups is 3. The number of hydroxylamine groups is 1. The lowest BCUT2D eigenvalue weighted by molar-refractivity contribution is -0.124. The molecule has 1 fully saturated rings. The average Bonchev–Trinajstić information content (AvgIpc) is 3.46. The largest absolute Gasteiger partial charge is 0.378 e. The third kappa shape index (κ3) is 9.59. The first-order valence-electron chi connectivity index (χ1n) is 13.1. The molecule has 0 unspecified atom stereocenters. The van der Waals surface area contributed by atoms with Gasteiger partial charge in [-0.15, -0.1) is 11.3 Å². The number of aromatic nitrogens is 2. The van der Waals surface area contributed by atoms with Gasteiger partial charge in [-0.25, -0.2) is 15.4 Å². The highest BCUT2D eigenvalue weighted by atomic mass is 32.1. The average molecular weight is 572 g/mol. The standard InChI is InChI=1S/C25H34N8O3S.C2H7N/c1-5-6-7-19-8-9-20(37-19)22-29-23(21(27-3)24(30-22)33-12-14-36-15-13-33)32(4)11-10-28-17-18(16-26-2)25(34)31-35;1-3-2/h8-9,16-17,35H,2-3,5-7,10-15H2,1,4H3,(H,31,34);3H,1-2H3/b18-16+,28-17?;. The summed E-state index contributed by atoms with van der Waals surface area (Å²) in [5.41, 5.74) is 2.26. The normalized spacial score (nSPS) is 13.5. The zero-order valence-corrected chi connectivity index (χ0v) is 24.7. The summed E-state index contributed by atoms with van der Waals surface area (Å²) < 4.78 is 5.54. The molecule has 1 amide bonds. The predicted molar refractivity (Wildman–Crippen MR) is 165 cm³/mol. The van der Waals surface area contributed by atoms with Gasteiger partial charge in [-0.1, -0.05) is 13.3 Å². The molecule has 2 aromatic rings. The van der Waals surface area contributed by atoms with E-state index in [2.05, 4.69) is 57.7 Å². The van der Waals surface area contributed by atoms with Crippen LogP contribution in [0.3, 0.4) is 0 Å². The molecule has 1 saturated heterocycles. The van der Waals surface area contributed by atoms with Crippen LogP contribution in [0.15, 0.2) is 38.9 Å². The quantitative estimate of drug-likeness (QED) is 0.144. The van der Waals surface area contributed by atoms with E-state index in [-0.39, 0.29) is 5.57 Å². The molecule has 0 bridgehead atoms. The first-order valence-corrected chi connectivity index (χ1v) is 14.0. The van der Waals surface area contributed by atoms with Gasteiger partial charge in [0.05, 0.1) is 30.2 Å². The van der Waals surface area contributed by atoms with Crippen LogP contribution in [0, 0.1) is 0 Å². The van der Waals surface area contributed by atoms with Crippen LogP contribution >= 0.6 is 11.3 Å². The molecule has 3 heterocycles. The molecule has 1 aliphatic heterocycles. The number of rotatable bonds is 13. The highest BCUT2D eigenvalue weighted by molar-refractivity contribution is 7.15. The van der Waals surface area contributed by atoms with Gasteiger partial charge in [-0.2, -0.15) is 0 Å². The van der Waals surface area contributed by atoms with Crippen molar-refractivity contribution in [2.24, 2.45) is 15.0 Å². The van der Waals surface area contributed by atoms with E-state index in [4.69, 9.17) is 19.9 Å². The fraction of sp³-hybridized carbons (Fsp3) is 0.481. The minimum atomic E-state index is -0.715. The van der Waals surface area contributed by atoms with E-state index >= 15 is 0 Å². The van der Waals surface area contributed by atoms with Crippen LogP contribution in [0.4, 0.5) is 17.3 Å². The third-order valence-corrected chi connectivity index (χ3v) is 6.87. The molecular weight excluding hydrogens is 530 g/mol. The first kappa shape index (κ1) is 32.7. The maximum Gasteiger partial charge on any atom is 0.277 e. The van der Waals surface area contributed by atoms with Crippen molar-refractivity contribution in [1.29, 1.82) is 0 Å². The number of ether oxygens (including phenoxy) is 1. The van der Waals surface area contributed by atoms with Gasteiger partial charge in [0.2, 0.25) is 0 Å². The molecule has 2 aromatic heterocycles. The molecule has 3 rings (SSSR count). The lowest BCUT2D eigenvalue weighted by Gasteiger charge is -2.30. The van der Waals surface area contributed by atoms with Gasteiger partial charge < -0.3 is 19.9 Å². The van der Waals surface area contributed by atoms with Crippen LogP contribution in [0.2, 0.25) is 0 Å². The maximum atomic E-state index is 11.7. The number of aryl methyl sites for hydroxylation is 1. The van der Waals surface area contributed by atoms with E-state index in [0.29, 0.717) is 56.7 Å². The highest BCUT2D eigenvalue weighted by Crippen LogP contribution is 2.38. The summed E-state index contributed by atoms with van der Waals surface area (Å²) in [6.07, 6.45) is 5.90. The van der Waals surface area contributed by atoms with Gasteiger partial charge >= 0.3 is 0 Å². The number of thiophene rings is 1. The second-order valence-electron chi connectivity index (χ2n) is 8.83. The van der Waals surface area contributed by atoms with Crippen molar-refractivity contribution in [3.63, 3.8) is 0 Å². The van der Waals surface area contributed by atoms with Crippen LogP contribution in [0.25, 0.3) is 10.7 Å². The molecule has 40 heavy (non-hydrogen) atoms. The number of amides is 1. The molecule has 1 aliphatic rings. The summed E-state index contributed by atoms with van der Waals surface area (Å²) in [6.45, 7) is 12.8. The monoisotopic (exact) mass is 571 g/mol. The maximum absolute atomic E-state index is 11.7. The number of unbranched alkanes of at least 4 members (excludes halogenated alkanes) is 1. The number of morpholine rings is 1. The fourth-order valence-corrected chi connectivity index (χ4v) is 4.70. The van der Waals surface area contributed by atoms with E-state index in [9.17, 15) is 4.79 Å². The molecule has 0 saturated carbocycles. The van der Waals surface area contributed by atoms with Crippen LogP contribution in [0.5, 0.6) is 0 Å². The van der Waals surface area contributed by atoms with E-state index in [1.165, 1.54) is 17.3 Å². The lowest BCUT2D eigenvalue weighted by Crippen LogP contribution is -2.37. The summed E-state index contributed by atoms with van der Waals surface area (Å²) in [7, 11) is 5.66. The van der Waals surface area contributed by atoms with Crippen molar-refractivity contribution in [2.45, 2.75) is 26.2 Å². The summed E-state index contributed by atoms with van der Waals surface area (Å²) in [4.78, 5) is 40.1. The Labute approximate surface area is 240 Å². The van der Waals surface area contributed by atoms with E-state index < -0.39 is 5.91 Å². The Bertz CT molecular complexity index is 1160. The van der Waals surface area contributed by atoms with Crippen molar-refractivity contribution in [2.75, 3.05) is 70.3 Å². The number of nitrogens with one attached hydrogen (secondary N) is 2. The number of nitrogens with zero attached hydrogens (tertiary/aromatic N) is 7. The van der Waals surface area contributed by atoms with Gasteiger partial charge in [0.25, 0.3) is 5.91 Å². The zero-order valence-electron chi connectivity index (χ0n) is 23.9. The number of hydrogen-bond acceptors (Lipinski definition) is 12. The Morgan fingerprint density at radius 1 is 1.27 bits per heavy atom. The summed E-state index contributed by atoms with van der Waals surface area (Å²) in [5, 5.41) is 11.6. The Morgan fingerprint density at radius 3 is 2.62 bits per heavy atom. The molecule has 0 radical (unpaired) electrons. The number of likely N-dealkylation sites (N-methyl/N-ethyl adjacent to an activating group) is 1. The molecule has 0 aromatic carbocycles. The second-order valence-corrected chi connectivity index (χ2v) is 10.0. The SMILES string of the molecule is C=N/C=C(\C=NCCN(C)c1nc(-c2ccc(CCCC)s2)nc(N2CCOCC2)c1N=C)C(=O)NO.CNC. The molecular formula is C27H41N9O3S. The highest BCUT2D eigenvalue weighted by Gasteiger charge is 2.24. The van der Waals surface area contributed by atoms with Crippen molar-refractivity contribution in [1.82, 2.24) is 20.8 Å². The molecule has 0 aliphatic carbocycles. The van der Waals surface area contributed by atoms with Crippen LogP contribution in [-0.2, 0) is 16.0 Å². The van der Waals surface area contributed by atoms with Gasteiger partial charge in [0.15, 0.2) is 17.5 Å². The van der Waals surface area contributed by atoms with Crippen molar-refractivity contribution < 1.29 is 14.7 Å². The minimum Gasteiger partial charge on any atom is -0.378 e. The Hall–Kier alpha value is -3.52. The lowest BCUT2D eigenvalue weighted by atomic mass is 10.2. The number of anilines is 2. The van der Waals surface area contributed by atoms with Crippen molar-refractivity contribution in [3.05, 3.63) is 28.8 Å². The number of hydrogen-bond donors (Lipinski definition) is 3. The van der Waals surface area contributed by atoms with Gasteiger partial charge in [0, 0.05) is 44.0 Å². The molecule has 0 spiro atoms. The minimum absolute atomic E-state index is 0.0871. The second kappa shape index (κ2) is 17.9. The Balaban J connectivity index is 0.00000178. The summed E-state index contributed by atoms with van der Waals surface area (Å²) in [5.74, 6) is 1.32. The molecule has 3 N–H and O–H groups in total. The fourth-order valence-electron chi connectivity index (χ4n) is 3.72. The van der Waals surface area contributed by atoms with Gasteiger partial charge in [0.1, 0.15) is 5.69 Å². The van der Waals surface area contributed by atoms with E-state index in [1.54, 1.807) is 16.8 Å². The van der Waals surface area contributed by atoms with Crippen molar-refractivity contribution >= 4 is 54.2 Å². The van der Waals surface area contributed by atoms with E-state index in [0.717, 1.165) is 30.0 Å². The van der Waals surface area contributed by atoms with Crippen LogP contribution in [-0.4, -0.2) is 101 Å². The summed E-state index contributed by atoms with van der Waals surface area (Å²) >= 11 is 1.71. The van der Waals surface area contributed by atoms with Gasteiger partial charge in [-0.3, -0.25) is 25.0 Å². The topological polar surface area (TPSA) is 140 Å². The smallest absolute Gasteiger partial charge is 0.277 e. The molecule has 13 heteroatoms. The zero-order chi connectivity index (χ0) is 29.3. The predicted octanol–water partition coefficient (Wildman–Crippen LogP) is 3.15.